The number of hydrogen-bond acceptors (Lipinski definition) is 3. The van der Waals surface area contributed by atoms with E-state index in [-0.39, 0.29) is 5.91 Å². The normalized spacial score (nSPS) is 10.7. The molecule has 0 heterocycles. The van der Waals surface area contributed by atoms with E-state index < -0.39 is 0 Å². The van der Waals surface area contributed by atoms with Crippen molar-refractivity contribution in [3.05, 3.63) is 29.3 Å². The van der Waals surface area contributed by atoms with Crippen LogP contribution in [0.5, 0.6) is 5.75 Å². The Morgan fingerprint density at radius 1 is 1.35 bits per heavy atom. The predicted molar refractivity (Wildman–Crippen MR) is 82.0 cm³/mol. The van der Waals surface area contributed by atoms with Gasteiger partial charge in [-0.1, -0.05) is 31.5 Å². The van der Waals surface area contributed by atoms with E-state index in [4.69, 9.17) is 4.74 Å². The molecule has 0 aliphatic heterocycles. The third-order valence-electron chi connectivity index (χ3n) is 3.00. The summed E-state index contributed by atoms with van der Waals surface area (Å²) in [6.07, 6.45) is 1.23. The Labute approximate surface area is 121 Å². The highest BCUT2D eigenvalue weighted by atomic mass is 16.5. The van der Waals surface area contributed by atoms with Crippen molar-refractivity contribution in [3.63, 3.8) is 0 Å². The fourth-order valence-electron chi connectivity index (χ4n) is 1.84. The molecule has 0 aliphatic carbocycles. The molecule has 0 aromatic heterocycles. The van der Waals surface area contributed by atoms with Gasteiger partial charge in [-0.25, -0.2) is 0 Å². The van der Waals surface area contributed by atoms with Crippen LogP contribution in [0.4, 0.5) is 0 Å². The van der Waals surface area contributed by atoms with Crippen LogP contribution in [0.1, 0.15) is 37.8 Å². The predicted octanol–water partition coefficient (Wildman–Crippen LogP) is 2.40. The maximum Gasteiger partial charge on any atom is 0.219 e. The number of carbonyl (C=O) groups excluding carboxylic acids is 1. The summed E-state index contributed by atoms with van der Waals surface area (Å²) in [6, 6.07) is 6.64. The molecule has 1 amide bonds. The summed E-state index contributed by atoms with van der Waals surface area (Å²) >= 11 is 0. The minimum atomic E-state index is 0.0548. The van der Waals surface area contributed by atoms with E-state index in [2.05, 4.69) is 37.5 Å². The van der Waals surface area contributed by atoms with Crippen molar-refractivity contribution in [1.82, 2.24) is 10.6 Å². The summed E-state index contributed by atoms with van der Waals surface area (Å²) in [5, 5.41) is 6.01. The smallest absolute Gasteiger partial charge is 0.219 e. The van der Waals surface area contributed by atoms with Crippen molar-refractivity contribution in [2.75, 3.05) is 13.7 Å². The van der Waals surface area contributed by atoms with Crippen LogP contribution < -0.4 is 15.4 Å². The molecule has 0 spiro atoms. The number of carbonyl (C=O) groups is 1. The Kier molecular flexibility index (Phi) is 7.09. The van der Waals surface area contributed by atoms with Crippen LogP contribution in [0.3, 0.4) is 0 Å². The van der Waals surface area contributed by atoms with Crippen LogP contribution in [0, 0.1) is 6.92 Å². The minimum Gasteiger partial charge on any atom is -0.493 e. The number of amides is 1. The zero-order chi connectivity index (χ0) is 15.0. The number of nitrogens with one attached hydrogen (secondary N) is 2. The molecule has 2 N–H and O–H groups in total. The summed E-state index contributed by atoms with van der Waals surface area (Å²) in [6.45, 7) is 7.68. The van der Waals surface area contributed by atoms with E-state index in [9.17, 15) is 4.79 Å². The van der Waals surface area contributed by atoms with Crippen molar-refractivity contribution >= 4 is 5.91 Å². The van der Waals surface area contributed by atoms with E-state index in [1.165, 1.54) is 11.1 Å². The molecule has 1 aromatic rings. The highest BCUT2D eigenvalue weighted by Gasteiger charge is 2.06. The molecule has 0 saturated heterocycles. The first-order valence-corrected chi connectivity index (χ1v) is 7.19. The van der Waals surface area contributed by atoms with Gasteiger partial charge < -0.3 is 15.4 Å². The van der Waals surface area contributed by atoms with Crippen LogP contribution in [0.25, 0.3) is 0 Å². The summed E-state index contributed by atoms with van der Waals surface area (Å²) in [7, 11) is 1.65. The SMILES string of the molecule is CNC(=O)CCCOc1ccc(C)cc1CNC(C)C. The average Bonchev–Trinajstić information content (AvgIpc) is 2.42. The van der Waals surface area contributed by atoms with Gasteiger partial charge >= 0.3 is 0 Å². The second-order valence-corrected chi connectivity index (χ2v) is 5.27. The molecule has 4 heteroatoms. The van der Waals surface area contributed by atoms with E-state index in [0.717, 1.165) is 18.7 Å². The molecular weight excluding hydrogens is 252 g/mol. The molecule has 112 valence electrons. The molecule has 20 heavy (non-hydrogen) atoms. The minimum absolute atomic E-state index is 0.0548. The van der Waals surface area contributed by atoms with Gasteiger partial charge in [0.2, 0.25) is 5.91 Å². The number of aryl methyl sites for hydroxylation is 1. The van der Waals surface area contributed by atoms with Gasteiger partial charge in [-0.05, 0) is 19.4 Å². The molecule has 1 aromatic carbocycles. The standard InChI is InChI=1S/C16H26N2O2/c1-12(2)18-11-14-10-13(3)7-8-15(14)20-9-5-6-16(19)17-4/h7-8,10,12,18H,5-6,9,11H2,1-4H3,(H,17,19). The molecule has 0 unspecified atom stereocenters. The van der Waals surface area contributed by atoms with Crippen molar-refractivity contribution < 1.29 is 9.53 Å². The maximum absolute atomic E-state index is 11.1. The van der Waals surface area contributed by atoms with Crippen LogP contribution in [-0.2, 0) is 11.3 Å². The second kappa shape index (κ2) is 8.59. The monoisotopic (exact) mass is 278 g/mol. The fraction of sp³-hybridized carbons (Fsp3) is 0.562. The third kappa shape index (κ3) is 6.06. The molecule has 0 atom stereocenters. The van der Waals surface area contributed by atoms with Gasteiger partial charge in [-0.15, -0.1) is 0 Å². The third-order valence-corrected chi connectivity index (χ3v) is 3.00. The van der Waals surface area contributed by atoms with Crippen LogP contribution in [0.15, 0.2) is 18.2 Å². The molecule has 0 radical (unpaired) electrons. The first-order chi connectivity index (χ1) is 9.52. The number of hydrogen-bond donors (Lipinski definition) is 2. The zero-order valence-electron chi connectivity index (χ0n) is 13.0. The molecule has 1 rings (SSSR count). The van der Waals surface area contributed by atoms with Gasteiger partial charge in [-0.3, -0.25) is 4.79 Å². The van der Waals surface area contributed by atoms with Crippen molar-refractivity contribution in [1.29, 1.82) is 0 Å². The number of benzene rings is 1. The van der Waals surface area contributed by atoms with Crippen molar-refractivity contribution in [2.24, 2.45) is 0 Å². The summed E-state index contributed by atoms with van der Waals surface area (Å²) in [5.74, 6) is 0.958. The van der Waals surface area contributed by atoms with Gasteiger partial charge in [0.15, 0.2) is 0 Å². The zero-order valence-corrected chi connectivity index (χ0v) is 13.0. The lowest BCUT2D eigenvalue weighted by molar-refractivity contribution is -0.120. The first kappa shape index (κ1) is 16.5. The Morgan fingerprint density at radius 3 is 2.75 bits per heavy atom. The number of ether oxygens (including phenoxy) is 1. The average molecular weight is 278 g/mol. The fourth-order valence-corrected chi connectivity index (χ4v) is 1.84. The highest BCUT2D eigenvalue weighted by Crippen LogP contribution is 2.20. The van der Waals surface area contributed by atoms with E-state index in [0.29, 0.717) is 19.1 Å². The summed E-state index contributed by atoms with van der Waals surface area (Å²) < 4.78 is 5.80. The molecule has 0 bridgehead atoms. The van der Waals surface area contributed by atoms with Crippen molar-refractivity contribution in [3.8, 4) is 5.75 Å². The Hall–Kier alpha value is -1.55. The Bertz CT molecular complexity index is 430. The van der Waals surface area contributed by atoms with Gasteiger partial charge in [-0.2, -0.15) is 0 Å². The van der Waals surface area contributed by atoms with Gasteiger partial charge in [0, 0.05) is 31.6 Å². The Balaban J connectivity index is 2.53. The molecule has 4 nitrogen and oxygen atoms in total. The maximum atomic E-state index is 11.1. The molecular formula is C16H26N2O2. The number of rotatable bonds is 8. The van der Waals surface area contributed by atoms with E-state index in [1.807, 2.05) is 12.1 Å². The summed E-state index contributed by atoms with van der Waals surface area (Å²) in [5.41, 5.74) is 2.39. The second-order valence-electron chi connectivity index (χ2n) is 5.27. The Morgan fingerprint density at radius 2 is 2.10 bits per heavy atom. The van der Waals surface area contributed by atoms with Crippen molar-refractivity contribution in [2.45, 2.75) is 46.2 Å². The lowest BCUT2D eigenvalue weighted by Crippen LogP contribution is -2.22. The van der Waals surface area contributed by atoms with Crippen LogP contribution >= 0.6 is 0 Å². The quantitative estimate of drug-likeness (QED) is 0.718. The van der Waals surface area contributed by atoms with Gasteiger partial charge in [0.1, 0.15) is 5.75 Å². The van der Waals surface area contributed by atoms with Crippen LogP contribution in [-0.4, -0.2) is 25.6 Å². The van der Waals surface area contributed by atoms with Crippen LogP contribution in [0.2, 0.25) is 0 Å². The van der Waals surface area contributed by atoms with Gasteiger partial charge in [0.05, 0.1) is 6.61 Å². The lowest BCUT2D eigenvalue weighted by atomic mass is 10.1. The topological polar surface area (TPSA) is 50.4 Å². The molecule has 0 fully saturated rings. The first-order valence-electron chi connectivity index (χ1n) is 7.19. The summed E-state index contributed by atoms with van der Waals surface area (Å²) in [4.78, 5) is 11.1. The lowest BCUT2D eigenvalue weighted by Gasteiger charge is -2.14. The molecule has 0 aliphatic rings. The van der Waals surface area contributed by atoms with Gasteiger partial charge in [0.25, 0.3) is 0 Å². The highest BCUT2D eigenvalue weighted by molar-refractivity contribution is 5.75. The van der Waals surface area contributed by atoms with E-state index in [1.54, 1.807) is 7.05 Å². The largest absolute Gasteiger partial charge is 0.493 e. The van der Waals surface area contributed by atoms with E-state index >= 15 is 0 Å². The molecule has 0 saturated carbocycles.